The van der Waals surface area contributed by atoms with Gasteiger partial charge >= 0.3 is 5.97 Å². The van der Waals surface area contributed by atoms with E-state index >= 15 is 0 Å². The lowest BCUT2D eigenvalue weighted by Gasteiger charge is -2.24. The summed E-state index contributed by atoms with van der Waals surface area (Å²) in [6.45, 7) is 3.62. The molecule has 0 amide bonds. The molecule has 1 aromatic heterocycles. The summed E-state index contributed by atoms with van der Waals surface area (Å²) >= 11 is 1.22. The van der Waals surface area contributed by atoms with Crippen LogP contribution in [0, 0.1) is 11.3 Å². The Balaban J connectivity index is 1.59. The third kappa shape index (κ3) is 4.30. The molecule has 0 bridgehead atoms. The van der Waals surface area contributed by atoms with Crippen molar-refractivity contribution in [3.63, 3.8) is 0 Å². The summed E-state index contributed by atoms with van der Waals surface area (Å²) in [5.41, 5.74) is 1.77. The lowest BCUT2D eigenvalue weighted by molar-refractivity contribution is -0.139. The molecule has 0 N–H and O–H groups in total. The molecule has 6 rings (SSSR count). The van der Waals surface area contributed by atoms with Crippen molar-refractivity contribution in [3.8, 4) is 23.3 Å². The highest BCUT2D eigenvalue weighted by Gasteiger charge is 2.34. The van der Waals surface area contributed by atoms with Crippen LogP contribution >= 0.6 is 11.3 Å². The Bertz CT molecular complexity index is 1930. The molecule has 0 saturated carbocycles. The molecule has 0 radical (unpaired) electrons. The predicted molar refractivity (Wildman–Crippen MR) is 148 cm³/mol. The molecule has 2 aliphatic heterocycles. The van der Waals surface area contributed by atoms with Gasteiger partial charge in [0.2, 0.25) is 6.79 Å². The number of allylic oxidation sites excluding steroid dienone is 1. The maximum atomic E-state index is 14.1. The van der Waals surface area contributed by atoms with Crippen LogP contribution in [0.1, 0.15) is 31.0 Å². The number of esters is 1. The third-order valence-corrected chi connectivity index (χ3v) is 7.71. The molecule has 9 nitrogen and oxygen atoms in total. The molecule has 0 unspecified atom stereocenters. The second-order valence-corrected chi connectivity index (χ2v) is 10.1. The average molecular weight is 554 g/mol. The van der Waals surface area contributed by atoms with Gasteiger partial charge in [0.15, 0.2) is 22.9 Å². The fourth-order valence-electron chi connectivity index (χ4n) is 4.98. The molecular formula is C30H23N3O6S. The molecular weight excluding hydrogens is 530 g/mol. The highest BCUT2D eigenvalue weighted by atomic mass is 32.1. The van der Waals surface area contributed by atoms with Crippen LogP contribution < -0.4 is 29.1 Å². The van der Waals surface area contributed by atoms with Crippen LogP contribution in [0.3, 0.4) is 0 Å². The van der Waals surface area contributed by atoms with Crippen LogP contribution in [0.15, 0.2) is 75.7 Å². The molecule has 200 valence electrons. The van der Waals surface area contributed by atoms with Crippen molar-refractivity contribution in [1.82, 2.24) is 4.57 Å². The zero-order chi connectivity index (χ0) is 27.8. The molecule has 0 aliphatic carbocycles. The highest BCUT2D eigenvalue weighted by Crippen LogP contribution is 2.38. The second-order valence-electron chi connectivity index (χ2n) is 9.06. The summed E-state index contributed by atoms with van der Waals surface area (Å²) in [5.74, 6) is 1.08. The van der Waals surface area contributed by atoms with E-state index in [4.69, 9.17) is 24.2 Å². The van der Waals surface area contributed by atoms with Crippen molar-refractivity contribution in [3.05, 3.63) is 96.7 Å². The molecule has 3 aromatic carbocycles. The van der Waals surface area contributed by atoms with Gasteiger partial charge in [-0.2, -0.15) is 5.26 Å². The van der Waals surface area contributed by atoms with Crippen molar-refractivity contribution < 1.29 is 23.7 Å². The zero-order valence-corrected chi connectivity index (χ0v) is 22.5. The summed E-state index contributed by atoms with van der Waals surface area (Å²) in [7, 11) is 0. The van der Waals surface area contributed by atoms with Gasteiger partial charge in [-0.15, -0.1) is 0 Å². The Morgan fingerprint density at radius 1 is 1.20 bits per heavy atom. The highest BCUT2D eigenvalue weighted by molar-refractivity contribution is 7.07. The first-order valence-electron chi connectivity index (χ1n) is 12.6. The fraction of sp³-hybridized carbons (Fsp3) is 0.200. The van der Waals surface area contributed by atoms with E-state index in [-0.39, 0.29) is 31.1 Å². The summed E-state index contributed by atoms with van der Waals surface area (Å²) < 4.78 is 24.1. The maximum absolute atomic E-state index is 14.1. The Morgan fingerprint density at radius 3 is 2.85 bits per heavy atom. The van der Waals surface area contributed by atoms with E-state index in [1.54, 1.807) is 38.1 Å². The van der Waals surface area contributed by atoms with Crippen molar-refractivity contribution in [2.24, 2.45) is 4.99 Å². The van der Waals surface area contributed by atoms with Crippen molar-refractivity contribution in [2.75, 3.05) is 20.0 Å². The van der Waals surface area contributed by atoms with Crippen molar-refractivity contribution in [1.29, 1.82) is 5.26 Å². The molecule has 0 spiro atoms. The number of fused-ring (bicyclic) bond motifs is 3. The van der Waals surface area contributed by atoms with Crippen LogP contribution in [0.5, 0.6) is 17.2 Å². The van der Waals surface area contributed by atoms with Gasteiger partial charge in [0, 0.05) is 5.56 Å². The molecule has 0 fully saturated rings. The minimum Gasteiger partial charge on any atom is -0.478 e. The molecule has 2 aliphatic rings. The summed E-state index contributed by atoms with van der Waals surface area (Å²) in [4.78, 5) is 32.4. The average Bonchev–Trinajstić information content (AvgIpc) is 3.55. The summed E-state index contributed by atoms with van der Waals surface area (Å²) in [5, 5.41) is 10.9. The second kappa shape index (κ2) is 10.4. The standard InChI is InChI=1S/C30H23N3O6S/c1-3-36-29(35)26-17(2)32-30-33(27(26)19-9-11-23-24(14-19)39-16-38-23)28(34)25(40-30)15-21-20-7-5-4-6-18(20)8-10-22(21)37-13-12-31/h4-11,14-15,27H,3,13,16H2,1-2H3/b25-15-/t27-/m0/s1. The van der Waals surface area contributed by atoms with Crippen LogP contribution in [0.4, 0.5) is 0 Å². The Kier molecular flexibility index (Phi) is 6.58. The lowest BCUT2D eigenvalue weighted by atomic mass is 9.95. The van der Waals surface area contributed by atoms with Gasteiger partial charge in [-0.1, -0.05) is 47.7 Å². The monoisotopic (exact) mass is 553 g/mol. The largest absolute Gasteiger partial charge is 0.478 e. The van der Waals surface area contributed by atoms with Crippen LogP contribution in [-0.4, -0.2) is 30.5 Å². The van der Waals surface area contributed by atoms with Crippen molar-refractivity contribution in [2.45, 2.75) is 19.9 Å². The number of carbonyl (C=O) groups is 1. The van der Waals surface area contributed by atoms with Gasteiger partial charge in [-0.05, 0) is 54.5 Å². The topological polar surface area (TPSA) is 112 Å². The van der Waals surface area contributed by atoms with E-state index < -0.39 is 12.0 Å². The molecule has 3 heterocycles. The van der Waals surface area contributed by atoms with Crippen LogP contribution in [-0.2, 0) is 9.53 Å². The Hall–Kier alpha value is -4.88. The minimum absolute atomic E-state index is 0.0996. The number of nitrogens with zero attached hydrogens (tertiary/aromatic N) is 3. The van der Waals surface area contributed by atoms with E-state index in [0.717, 1.165) is 10.8 Å². The van der Waals surface area contributed by atoms with E-state index in [1.807, 2.05) is 42.5 Å². The summed E-state index contributed by atoms with van der Waals surface area (Å²) in [6, 6.07) is 18.0. The Morgan fingerprint density at radius 2 is 2.02 bits per heavy atom. The van der Waals surface area contributed by atoms with Crippen molar-refractivity contribution >= 4 is 34.2 Å². The number of aromatic nitrogens is 1. The molecule has 0 saturated heterocycles. The van der Waals surface area contributed by atoms with E-state index in [2.05, 4.69) is 4.99 Å². The molecule has 10 heteroatoms. The molecule has 40 heavy (non-hydrogen) atoms. The van der Waals surface area contributed by atoms with Gasteiger partial charge in [0.1, 0.15) is 11.8 Å². The number of hydrogen-bond acceptors (Lipinski definition) is 9. The fourth-order valence-corrected chi connectivity index (χ4v) is 6.01. The first kappa shape index (κ1) is 25.4. The molecule has 4 aromatic rings. The van der Waals surface area contributed by atoms with E-state index in [1.165, 1.54) is 15.9 Å². The SMILES string of the molecule is CCOC(=O)C1=C(C)N=c2s/c(=C\c3c(OCC#N)ccc4ccccc34)c(=O)n2[C@H]1c1ccc2c(c1)OCO2. The summed E-state index contributed by atoms with van der Waals surface area (Å²) in [6.07, 6.45) is 1.76. The van der Waals surface area contributed by atoms with E-state index in [9.17, 15) is 9.59 Å². The zero-order valence-electron chi connectivity index (χ0n) is 21.7. The number of carbonyl (C=O) groups excluding carboxylic acids is 1. The molecule has 1 atom stereocenters. The first-order valence-corrected chi connectivity index (χ1v) is 13.4. The number of rotatable bonds is 6. The Labute approximate surface area is 232 Å². The first-order chi connectivity index (χ1) is 19.5. The van der Waals surface area contributed by atoms with E-state index in [0.29, 0.717) is 43.4 Å². The van der Waals surface area contributed by atoms with Gasteiger partial charge in [0.25, 0.3) is 5.56 Å². The van der Waals surface area contributed by atoms with Gasteiger partial charge in [0.05, 0.1) is 28.5 Å². The number of ether oxygens (including phenoxy) is 4. The maximum Gasteiger partial charge on any atom is 0.338 e. The number of hydrogen-bond donors (Lipinski definition) is 0. The lowest BCUT2D eigenvalue weighted by Crippen LogP contribution is -2.39. The van der Waals surface area contributed by atoms with Crippen LogP contribution in [0.25, 0.3) is 16.8 Å². The van der Waals surface area contributed by atoms with Gasteiger partial charge in [-0.25, -0.2) is 9.79 Å². The number of nitriles is 1. The number of benzene rings is 3. The van der Waals surface area contributed by atoms with Crippen LogP contribution in [0.2, 0.25) is 0 Å². The minimum atomic E-state index is -0.784. The van der Waals surface area contributed by atoms with Gasteiger partial charge in [-0.3, -0.25) is 9.36 Å². The number of thiazole rings is 1. The van der Waals surface area contributed by atoms with Gasteiger partial charge < -0.3 is 18.9 Å². The quantitative estimate of drug-likeness (QED) is 0.336. The third-order valence-electron chi connectivity index (χ3n) is 6.73. The predicted octanol–water partition coefficient (Wildman–Crippen LogP) is 3.58. The normalized spacial score (nSPS) is 15.9. The smallest absolute Gasteiger partial charge is 0.338 e.